The van der Waals surface area contributed by atoms with Crippen molar-refractivity contribution < 1.29 is 4.79 Å². The second-order valence-corrected chi connectivity index (χ2v) is 6.26. The Bertz CT molecular complexity index is 930. The topological polar surface area (TPSA) is 79.8 Å². The van der Waals surface area contributed by atoms with Crippen LogP contribution in [-0.2, 0) is 6.42 Å². The summed E-state index contributed by atoms with van der Waals surface area (Å²) >= 11 is 0. The van der Waals surface area contributed by atoms with Crippen LogP contribution < -0.4 is 10.9 Å². The fourth-order valence-electron chi connectivity index (χ4n) is 2.94. The first kappa shape index (κ1) is 17.7. The second kappa shape index (κ2) is 7.82. The Hall–Kier alpha value is -3.15. The molecule has 0 aliphatic heterocycles. The molecule has 2 aromatic heterocycles. The van der Waals surface area contributed by atoms with E-state index in [9.17, 15) is 9.59 Å². The van der Waals surface area contributed by atoms with E-state index in [1.54, 1.807) is 23.9 Å². The highest BCUT2D eigenvalue weighted by Crippen LogP contribution is 2.16. The normalized spacial score (nSPS) is 11.9. The van der Waals surface area contributed by atoms with E-state index < -0.39 is 0 Å². The number of pyridine rings is 1. The van der Waals surface area contributed by atoms with Crippen molar-refractivity contribution in [2.75, 3.05) is 6.54 Å². The van der Waals surface area contributed by atoms with Crippen LogP contribution in [0.25, 0.3) is 0 Å². The first-order valence-electron chi connectivity index (χ1n) is 8.61. The second-order valence-electron chi connectivity index (χ2n) is 6.26. The van der Waals surface area contributed by atoms with E-state index in [1.165, 1.54) is 0 Å². The molecule has 0 fully saturated rings. The Morgan fingerprint density at radius 2 is 2.00 bits per heavy atom. The number of hydrogen-bond acceptors (Lipinski definition) is 3. The van der Waals surface area contributed by atoms with Crippen LogP contribution in [0, 0.1) is 6.92 Å². The van der Waals surface area contributed by atoms with Crippen LogP contribution in [0.5, 0.6) is 0 Å². The van der Waals surface area contributed by atoms with Crippen LogP contribution in [0.15, 0.2) is 59.7 Å². The molecule has 0 radical (unpaired) electrons. The van der Waals surface area contributed by atoms with Gasteiger partial charge in [-0.1, -0.05) is 30.3 Å². The van der Waals surface area contributed by atoms with Gasteiger partial charge in [0.15, 0.2) is 0 Å². The number of carbonyl (C=O) groups is 1. The maximum Gasteiger partial charge on any atom is 0.264 e. The smallest absolute Gasteiger partial charge is 0.264 e. The summed E-state index contributed by atoms with van der Waals surface area (Å²) < 4.78 is 1.60. The zero-order valence-corrected chi connectivity index (χ0v) is 14.9. The molecular weight excluding hydrogens is 328 g/mol. The number of aromatic nitrogens is 3. The predicted molar refractivity (Wildman–Crippen MR) is 100 cm³/mol. The van der Waals surface area contributed by atoms with E-state index in [1.807, 2.05) is 49.4 Å². The van der Waals surface area contributed by atoms with Crippen LogP contribution in [-0.4, -0.2) is 27.2 Å². The first-order valence-corrected chi connectivity index (χ1v) is 8.61. The van der Waals surface area contributed by atoms with Crippen molar-refractivity contribution in [1.82, 2.24) is 20.1 Å². The largest absolute Gasteiger partial charge is 0.351 e. The number of aromatic amines is 1. The molecule has 1 atom stereocenters. The summed E-state index contributed by atoms with van der Waals surface area (Å²) in [6, 6.07) is 13.3. The zero-order valence-electron chi connectivity index (χ0n) is 14.9. The Morgan fingerprint density at radius 3 is 2.69 bits per heavy atom. The van der Waals surface area contributed by atoms with Gasteiger partial charge in [0, 0.05) is 31.1 Å². The molecule has 0 saturated carbocycles. The minimum atomic E-state index is -0.346. The maximum absolute atomic E-state index is 12.9. The minimum absolute atomic E-state index is 0.152. The number of hydrogen-bond donors (Lipinski definition) is 2. The van der Waals surface area contributed by atoms with Gasteiger partial charge in [-0.15, -0.1) is 0 Å². The fourth-order valence-corrected chi connectivity index (χ4v) is 2.94. The van der Waals surface area contributed by atoms with Gasteiger partial charge >= 0.3 is 0 Å². The van der Waals surface area contributed by atoms with Crippen LogP contribution >= 0.6 is 0 Å². The van der Waals surface area contributed by atoms with Crippen LogP contribution in [0.3, 0.4) is 0 Å². The van der Waals surface area contributed by atoms with Crippen LogP contribution in [0.2, 0.25) is 0 Å². The minimum Gasteiger partial charge on any atom is -0.351 e. The molecule has 3 rings (SSSR count). The van der Waals surface area contributed by atoms with E-state index >= 15 is 0 Å². The zero-order chi connectivity index (χ0) is 18.5. The van der Waals surface area contributed by atoms with Gasteiger partial charge in [-0.25, -0.2) is 0 Å². The quantitative estimate of drug-likeness (QED) is 0.717. The van der Waals surface area contributed by atoms with Gasteiger partial charge < -0.3 is 9.88 Å². The van der Waals surface area contributed by atoms with Crippen LogP contribution in [0.1, 0.15) is 40.1 Å². The third-order valence-corrected chi connectivity index (χ3v) is 4.49. The molecule has 26 heavy (non-hydrogen) atoms. The molecule has 134 valence electrons. The van der Waals surface area contributed by atoms with E-state index in [2.05, 4.69) is 15.5 Å². The standard InChI is InChI=1S/C20H22N4O2/c1-14-10-13-24(15(2)16-6-4-3-5-7-16)20(26)18(14)19(25)21-11-8-17-9-12-22-23-17/h3-7,9-10,12-13,15H,8,11H2,1-2H3,(H,21,25)(H,22,23). The number of carbonyl (C=O) groups excluding carboxylic acids is 1. The summed E-state index contributed by atoms with van der Waals surface area (Å²) in [5.74, 6) is -0.346. The van der Waals surface area contributed by atoms with Gasteiger partial charge in [0.05, 0.1) is 6.04 Å². The SMILES string of the molecule is Cc1ccn(C(C)c2ccccc2)c(=O)c1C(=O)NCCc1ccn[nH]1. The number of aryl methyl sites for hydroxylation is 1. The van der Waals surface area contributed by atoms with E-state index in [0.717, 1.165) is 11.3 Å². The number of amides is 1. The Morgan fingerprint density at radius 1 is 1.23 bits per heavy atom. The van der Waals surface area contributed by atoms with E-state index in [4.69, 9.17) is 0 Å². The molecule has 1 amide bonds. The van der Waals surface area contributed by atoms with Gasteiger partial charge in [-0.2, -0.15) is 5.10 Å². The lowest BCUT2D eigenvalue weighted by Crippen LogP contribution is -2.36. The van der Waals surface area contributed by atoms with Crippen molar-refractivity contribution in [3.05, 3.63) is 87.6 Å². The van der Waals surface area contributed by atoms with Gasteiger partial charge in [-0.05, 0) is 37.1 Å². The van der Waals surface area contributed by atoms with Gasteiger partial charge in [0.1, 0.15) is 5.56 Å². The third kappa shape index (κ3) is 3.74. The van der Waals surface area contributed by atoms with Crippen molar-refractivity contribution in [3.63, 3.8) is 0 Å². The van der Waals surface area contributed by atoms with Gasteiger partial charge in [0.25, 0.3) is 11.5 Å². The van der Waals surface area contributed by atoms with Crippen LogP contribution in [0.4, 0.5) is 0 Å². The molecule has 6 heteroatoms. The molecular formula is C20H22N4O2. The van der Waals surface area contributed by atoms with E-state index in [-0.39, 0.29) is 23.1 Å². The average Bonchev–Trinajstić information content (AvgIpc) is 3.15. The summed E-state index contributed by atoms with van der Waals surface area (Å²) in [4.78, 5) is 25.5. The number of benzene rings is 1. The van der Waals surface area contributed by atoms with Crippen molar-refractivity contribution in [3.8, 4) is 0 Å². The van der Waals surface area contributed by atoms with Crippen molar-refractivity contribution in [2.24, 2.45) is 0 Å². The molecule has 0 aliphatic rings. The Kier molecular flexibility index (Phi) is 5.31. The lowest BCUT2D eigenvalue weighted by atomic mass is 10.1. The van der Waals surface area contributed by atoms with Crippen molar-refractivity contribution >= 4 is 5.91 Å². The average molecular weight is 350 g/mol. The molecule has 1 unspecified atom stereocenters. The summed E-state index contributed by atoms with van der Waals surface area (Å²) in [6.45, 7) is 4.16. The molecule has 2 heterocycles. The van der Waals surface area contributed by atoms with Crippen molar-refractivity contribution in [2.45, 2.75) is 26.3 Å². The van der Waals surface area contributed by atoms with Gasteiger partial charge in [0.2, 0.25) is 0 Å². The summed E-state index contributed by atoms with van der Waals surface area (Å²) in [7, 11) is 0. The number of H-pyrrole nitrogens is 1. The summed E-state index contributed by atoms with van der Waals surface area (Å²) in [5, 5.41) is 9.55. The molecule has 3 aromatic rings. The van der Waals surface area contributed by atoms with Gasteiger partial charge in [-0.3, -0.25) is 14.7 Å². The summed E-state index contributed by atoms with van der Waals surface area (Å²) in [6.07, 6.45) is 4.05. The maximum atomic E-state index is 12.9. The molecule has 0 spiro atoms. The summed E-state index contributed by atoms with van der Waals surface area (Å²) in [5.41, 5.74) is 2.54. The third-order valence-electron chi connectivity index (χ3n) is 4.49. The molecule has 2 N–H and O–H groups in total. The predicted octanol–water partition coefficient (Wildman–Crippen LogP) is 2.46. The molecule has 0 bridgehead atoms. The molecule has 1 aromatic carbocycles. The highest BCUT2D eigenvalue weighted by molar-refractivity contribution is 5.95. The lowest BCUT2D eigenvalue weighted by Gasteiger charge is -2.17. The highest BCUT2D eigenvalue weighted by atomic mass is 16.2. The Labute approximate surface area is 151 Å². The molecule has 6 nitrogen and oxygen atoms in total. The number of nitrogens with zero attached hydrogens (tertiary/aromatic N) is 2. The monoisotopic (exact) mass is 350 g/mol. The highest BCUT2D eigenvalue weighted by Gasteiger charge is 2.18. The molecule has 0 saturated heterocycles. The number of nitrogens with one attached hydrogen (secondary N) is 2. The van der Waals surface area contributed by atoms with Crippen molar-refractivity contribution in [1.29, 1.82) is 0 Å². The fraction of sp³-hybridized carbons (Fsp3) is 0.250. The van der Waals surface area contributed by atoms with E-state index in [0.29, 0.717) is 18.5 Å². The molecule has 0 aliphatic carbocycles. The first-order chi connectivity index (χ1) is 12.6. The lowest BCUT2D eigenvalue weighted by molar-refractivity contribution is 0.0951. The Balaban J connectivity index is 1.80. The number of rotatable bonds is 6.